The molecule has 1 amide bonds. The van der Waals surface area contributed by atoms with Crippen LogP contribution < -0.4 is 16.4 Å². The molecule has 5 N–H and O–H groups in total. The van der Waals surface area contributed by atoms with Crippen LogP contribution in [0.25, 0.3) is 11.4 Å². The third kappa shape index (κ3) is 5.60. The van der Waals surface area contributed by atoms with Gasteiger partial charge >= 0.3 is 0 Å². The van der Waals surface area contributed by atoms with Crippen LogP contribution in [0.15, 0.2) is 60.9 Å². The summed E-state index contributed by atoms with van der Waals surface area (Å²) in [5, 5.41) is 17.2. The summed E-state index contributed by atoms with van der Waals surface area (Å²) in [6.45, 7) is 1.82. The van der Waals surface area contributed by atoms with Gasteiger partial charge in [-0.25, -0.2) is 9.37 Å². The highest BCUT2D eigenvalue weighted by Gasteiger charge is 2.15. The zero-order valence-corrected chi connectivity index (χ0v) is 18.0. The number of nitrogens with two attached hydrogens (primary N) is 1. The maximum atomic E-state index is 13.5. The first-order valence-corrected chi connectivity index (χ1v) is 10.6. The minimum atomic E-state index is -0.277. The number of benzene rings is 1. The van der Waals surface area contributed by atoms with Gasteiger partial charge in [-0.05, 0) is 48.4 Å². The molecule has 0 unspecified atom stereocenters. The number of nitrogens with zero attached hydrogens (tertiary/aromatic N) is 4. The molecule has 0 aliphatic heterocycles. The van der Waals surface area contributed by atoms with Gasteiger partial charge in [0.1, 0.15) is 11.6 Å². The standard InChI is InChI=1S/C23H25FN8O/c24-17-3-1-2-16(14-17)6-10-26-22-19(4-5-20(30-22)21-8-11-28-31-21)23(33)27-15-18-7-12-29-32(18)13-9-25/h1-5,7-8,11-12,14H,6,9-10,13,15,25H2,(H,26,30)(H,27,33)(H,28,31). The zero-order valence-electron chi connectivity index (χ0n) is 18.0. The van der Waals surface area contributed by atoms with Gasteiger partial charge in [0, 0.05) is 25.5 Å². The molecular formula is C23H25FN8O. The molecule has 3 aromatic heterocycles. The van der Waals surface area contributed by atoms with Crippen LogP contribution in [0.4, 0.5) is 10.2 Å². The van der Waals surface area contributed by atoms with E-state index < -0.39 is 0 Å². The lowest BCUT2D eigenvalue weighted by atomic mass is 10.1. The maximum Gasteiger partial charge on any atom is 0.255 e. The Kier molecular flexibility index (Phi) is 7.06. The molecule has 0 aliphatic carbocycles. The first kappa shape index (κ1) is 22.2. The monoisotopic (exact) mass is 448 g/mol. The molecule has 10 heteroatoms. The fourth-order valence-corrected chi connectivity index (χ4v) is 3.44. The predicted molar refractivity (Wildman–Crippen MR) is 123 cm³/mol. The van der Waals surface area contributed by atoms with Gasteiger partial charge in [0.15, 0.2) is 0 Å². The molecular weight excluding hydrogens is 423 g/mol. The SMILES string of the molecule is NCCn1nccc1CNC(=O)c1ccc(-c2ccn[nH]2)nc1NCCc1cccc(F)c1. The lowest BCUT2D eigenvalue weighted by Crippen LogP contribution is -2.26. The highest BCUT2D eigenvalue weighted by atomic mass is 19.1. The number of aromatic nitrogens is 5. The highest BCUT2D eigenvalue weighted by Crippen LogP contribution is 2.20. The average Bonchev–Trinajstić information content (AvgIpc) is 3.50. The van der Waals surface area contributed by atoms with E-state index in [-0.39, 0.29) is 11.7 Å². The van der Waals surface area contributed by atoms with Gasteiger partial charge in [-0.3, -0.25) is 14.6 Å². The van der Waals surface area contributed by atoms with Gasteiger partial charge in [0.2, 0.25) is 0 Å². The molecule has 0 aliphatic rings. The molecule has 170 valence electrons. The molecule has 33 heavy (non-hydrogen) atoms. The summed E-state index contributed by atoms with van der Waals surface area (Å²) in [6.07, 6.45) is 3.89. The van der Waals surface area contributed by atoms with E-state index in [1.165, 1.54) is 12.1 Å². The molecule has 3 heterocycles. The third-order valence-electron chi connectivity index (χ3n) is 5.09. The largest absolute Gasteiger partial charge is 0.369 e. The van der Waals surface area contributed by atoms with Crippen molar-refractivity contribution in [2.24, 2.45) is 5.73 Å². The molecule has 0 fully saturated rings. The van der Waals surface area contributed by atoms with Gasteiger partial charge in [-0.15, -0.1) is 0 Å². The molecule has 0 bridgehead atoms. The number of nitrogens with one attached hydrogen (secondary N) is 3. The van der Waals surface area contributed by atoms with Crippen molar-refractivity contribution in [3.8, 4) is 11.4 Å². The average molecular weight is 449 g/mol. The summed E-state index contributed by atoms with van der Waals surface area (Å²) in [4.78, 5) is 17.6. The number of rotatable bonds is 10. The third-order valence-corrected chi connectivity index (χ3v) is 5.09. The van der Waals surface area contributed by atoms with Crippen LogP contribution in [0.1, 0.15) is 21.6 Å². The van der Waals surface area contributed by atoms with Crippen LogP contribution in [0.2, 0.25) is 0 Å². The van der Waals surface area contributed by atoms with E-state index in [0.29, 0.717) is 49.7 Å². The minimum absolute atomic E-state index is 0.271. The Hall–Kier alpha value is -4.05. The van der Waals surface area contributed by atoms with Crippen LogP contribution in [0, 0.1) is 5.82 Å². The van der Waals surface area contributed by atoms with Crippen molar-refractivity contribution >= 4 is 11.7 Å². The zero-order chi connectivity index (χ0) is 23.0. The number of hydrogen-bond donors (Lipinski definition) is 4. The number of hydrogen-bond acceptors (Lipinski definition) is 6. The lowest BCUT2D eigenvalue weighted by molar-refractivity contribution is 0.0950. The molecule has 1 aromatic carbocycles. The van der Waals surface area contributed by atoms with Crippen LogP contribution in [-0.2, 0) is 19.5 Å². The van der Waals surface area contributed by atoms with E-state index in [1.807, 2.05) is 12.1 Å². The summed E-state index contributed by atoms with van der Waals surface area (Å²) < 4.78 is 15.2. The van der Waals surface area contributed by atoms with E-state index in [4.69, 9.17) is 5.73 Å². The molecule has 0 atom stereocenters. The Labute approximate surface area is 190 Å². The predicted octanol–water partition coefficient (Wildman–Crippen LogP) is 2.35. The summed E-state index contributed by atoms with van der Waals surface area (Å²) in [5.74, 6) is -0.111. The first-order valence-electron chi connectivity index (χ1n) is 10.6. The Morgan fingerprint density at radius 2 is 2.06 bits per heavy atom. The summed E-state index contributed by atoms with van der Waals surface area (Å²) in [5.41, 5.74) is 9.12. The number of carbonyl (C=O) groups excluding carboxylic acids is 1. The van der Waals surface area contributed by atoms with Crippen molar-refractivity contribution < 1.29 is 9.18 Å². The van der Waals surface area contributed by atoms with Crippen molar-refractivity contribution in [3.63, 3.8) is 0 Å². The quantitative estimate of drug-likeness (QED) is 0.295. The van der Waals surface area contributed by atoms with Crippen LogP contribution >= 0.6 is 0 Å². The lowest BCUT2D eigenvalue weighted by Gasteiger charge is -2.13. The van der Waals surface area contributed by atoms with Gasteiger partial charge in [0.25, 0.3) is 5.91 Å². The van der Waals surface area contributed by atoms with E-state index >= 15 is 0 Å². The van der Waals surface area contributed by atoms with Crippen molar-refractivity contribution in [3.05, 3.63) is 83.6 Å². The number of amides is 1. The molecule has 4 rings (SSSR count). The van der Waals surface area contributed by atoms with Crippen LogP contribution in [-0.4, -0.2) is 44.0 Å². The molecule has 0 spiro atoms. The number of H-pyrrole nitrogens is 1. The molecule has 0 radical (unpaired) electrons. The molecule has 4 aromatic rings. The van der Waals surface area contributed by atoms with Crippen molar-refractivity contribution in [1.82, 2.24) is 30.3 Å². The minimum Gasteiger partial charge on any atom is -0.369 e. The highest BCUT2D eigenvalue weighted by molar-refractivity contribution is 5.99. The Morgan fingerprint density at radius 3 is 2.85 bits per heavy atom. The van der Waals surface area contributed by atoms with E-state index in [0.717, 1.165) is 17.0 Å². The number of carbonyl (C=O) groups is 1. The molecule has 9 nitrogen and oxygen atoms in total. The fraction of sp³-hybridized carbons (Fsp3) is 0.217. The van der Waals surface area contributed by atoms with E-state index in [1.54, 1.807) is 41.3 Å². The second-order valence-corrected chi connectivity index (χ2v) is 7.39. The van der Waals surface area contributed by atoms with Crippen molar-refractivity contribution in [2.75, 3.05) is 18.4 Å². The van der Waals surface area contributed by atoms with Crippen molar-refractivity contribution in [1.29, 1.82) is 0 Å². The fourth-order valence-electron chi connectivity index (χ4n) is 3.44. The number of anilines is 1. The van der Waals surface area contributed by atoms with E-state index in [2.05, 4.69) is 30.9 Å². The normalized spacial score (nSPS) is 10.8. The number of pyridine rings is 1. The smallest absolute Gasteiger partial charge is 0.255 e. The van der Waals surface area contributed by atoms with Gasteiger partial charge in [-0.1, -0.05) is 12.1 Å². The number of aromatic amines is 1. The summed E-state index contributed by atoms with van der Waals surface area (Å²) in [7, 11) is 0. The van der Waals surface area contributed by atoms with Crippen LogP contribution in [0.3, 0.4) is 0 Å². The van der Waals surface area contributed by atoms with Crippen molar-refractivity contribution in [2.45, 2.75) is 19.5 Å². The van der Waals surface area contributed by atoms with Gasteiger partial charge < -0.3 is 16.4 Å². The summed E-state index contributed by atoms with van der Waals surface area (Å²) >= 11 is 0. The second-order valence-electron chi connectivity index (χ2n) is 7.39. The van der Waals surface area contributed by atoms with E-state index in [9.17, 15) is 9.18 Å². The molecule has 0 saturated carbocycles. The molecule has 0 saturated heterocycles. The van der Waals surface area contributed by atoms with Gasteiger partial charge in [-0.2, -0.15) is 10.2 Å². The second kappa shape index (κ2) is 10.5. The van der Waals surface area contributed by atoms with Crippen LogP contribution in [0.5, 0.6) is 0 Å². The number of halogens is 1. The maximum absolute atomic E-state index is 13.5. The summed E-state index contributed by atoms with van der Waals surface area (Å²) in [6, 6.07) is 13.6. The Balaban J connectivity index is 1.50. The Morgan fingerprint density at radius 1 is 1.15 bits per heavy atom. The van der Waals surface area contributed by atoms with Gasteiger partial charge in [0.05, 0.1) is 35.7 Å². The Bertz CT molecular complexity index is 1200. The first-order chi connectivity index (χ1) is 16.1. The topological polar surface area (TPSA) is 127 Å².